The van der Waals surface area contributed by atoms with Crippen molar-refractivity contribution in [2.75, 3.05) is 5.73 Å². The number of benzene rings is 2. The molecule has 96 valence electrons. The number of fused-ring (bicyclic) bond motifs is 2. The second-order valence-electron chi connectivity index (χ2n) is 4.67. The standard InChI is InChI=1S/C16H12N4/c17-16-19-13-5-1-2-6-15(13)20(16)14-7-3-4-11-8-9-18-10-12(11)14/h1-10H,(H2,17,19). The highest BCUT2D eigenvalue weighted by molar-refractivity contribution is 5.92. The molecule has 0 unspecified atom stereocenters. The van der Waals surface area contributed by atoms with Crippen molar-refractivity contribution in [2.45, 2.75) is 0 Å². The topological polar surface area (TPSA) is 56.7 Å². The Morgan fingerprint density at radius 1 is 0.950 bits per heavy atom. The van der Waals surface area contributed by atoms with E-state index in [1.807, 2.05) is 53.2 Å². The first-order chi connectivity index (χ1) is 9.84. The number of rotatable bonds is 1. The summed E-state index contributed by atoms with van der Waals surface area (Å²) in [5.74, 6) is 0.488. The molecule has 2 heterocycles. The highest BCUT2D eigenvalue weighted by Crippen LogP contribution is 2.27. The number of para-hydroxylation sites is 2. The summed E-state index contributed by atoms with van der Waals surface area (Å²) in [7, 11) is 0. The minimum absolute atomic E-state index is 0.488. The van der Waals surface area contributed by atoms with Gasteiger partial charge < -0.3 is 5.73 Å². The zero-order valence-corrected chi connectivity index (χ0v) is 10.7. The Balaban J connectivity index is 2.14. The molecule has 20 heavy (non-hydrogen) atoms. The summed E-state index contributed by atoms with van der Waals surface area (Å²) in [4.78, 5) is 8.64. The van der Waals surface area contributed by atoms with E-state index in [0.29, 0.717) is 5.95 Å². The van der Waals surface area contributed by atoms with Gasteiger partial charge in [-0.25, -0.2) is 4.98 Å². The Labute approximate surface area is 115 Å². The fourth-order valence-corrected chi connectivity index (χ4v) is 2.59. The van der Waals surface area contributed by atoms with Crippen molar-refractivity contribution in [2.24, 2.45) is 0 Å². The van der Waals surface area contributed by atoms with Crippen LogP contribution in [0.3, 0.4) is 0 Å². The molecule has 4 aromatic rings. The number of hydrogen-bond donors (Lipinski definition) is 1. The highest BCUT2D eigenvalue weighted by atomic mass is 15.2. The fraction of sp³-hybridized carbons (Fsp3) is 0. The summed E-state index contributed by atoms with van der Waals surface area (Å²) >= 11 is 0. The lowest BCUT2D eigenvalue weighted by Crippen LogP contribution is -2.01. The molecule has 0 saturated carbocycles. The van der Waals surface area contributed by atoms with Crippen LogP contribution in [0, 0.1) is 0 Å². The van der Waals surface area contributed by atoms with E-state index in [2.05, 4.69) is 16.0 Å². The zero-order valence-electron chi connectivity index (χ0n) is 10.7. The summed E-state index contributed by atoms with van der Waals surface area (Å²) in [6.07, 6.45) is 3.65. The van der Waals surface area contributed by atoms with Crippen LogP contribution in [0.1, 0.15) is 0 Å². The summed E-state index contributed by atoms with van der Waals surface area (Å²) in [6, 6.07) is 16.1. The summed E-state index contributed by atoms with van der Waals surface area (Å²) in [5, 5.41) is 2.19. The third-order valence-electron chi connectivity index (χ3n) is 3.49. The van der Waals surface area contributed by atoms with Crippen LogP contribution in [0.15, 0.2) is 60.9 Å². The van der Waals surface area contributed by atoms with Crippen LogP contribution >= 0.6 is 0 Å². The van der Waals surface area contributed by atoms with E-state index in [-0.39, 0.29) is 0 Å². The van der Waals surface area contributed by atoms with Gasteiger partial charge >= 0.3 is 0 Å². The van der Waals surface area contributed by atoms with Gasteiger partial charge in [0, 0.05) is 17.8 Å². The average Bonchev–Trinajstić information content (AvgIpc) is 2.82. The fourth-order valence-electron chi connectivity index (χ4n) is 2.59. The van der Waals surface area contributed by atoms with Crippen molar-refractivity contribution >= 4 is 27.8 Å². The van der Waals surface area contributed by atoms with Gasteiger partial charge in [-0.2, -0.15) is 0 Å². The molecule has 0 aliphatic carbocycles. The van der Waals surface area contributed by atoms with E-state index in [1.165, 1.54) is 0 Å². The third-order valence-corrected chi connectivity index (χ3v) is 3.49. The Kier molecular flexibility index (Phi) is 2.23. The van der Waals surface area contributed by atoms with Gasteiger partial charge in [-0.05, 0) is 29.7 Å². The summed E-state index contributed by atoms with van der Waals surface area (Å²) in [6.45, 7) is 0. The molecule has 2 aromatic carbocycles. The smallest absolute Gasteiger partial charge is 0.205 e. The van der Waals surface area contributed by atoms with Gasteiger partial charge in [-0.15, -0.1) is 0 Å². The second-order valence-corrected chi connectivity index (χ2v) is 4.67. The molecule has 0 atom stereocenters. The van der Waals surface area contributed by atoms with Crippen molar-refractivity contribution in [1.82, 2.24) is 14.5 Å². The van der Waals surface area contributed by atoms with Crippen LogP contribution in [0.4, 0.5) is 5.95 Å². The Hall–Kier alpha value is -2.88. The first-order valence-electron chi connectivity index (χ1n) is 6.41. The van der Waals surface area contributed by atoms with Gasteiger partial charge in [0.25, 0.3) is 0 Å². The summed E-state index contributed by atoms with van der Waals surface area (Å²) < 4.78 is 1.97. The minimum atomic E-state index is 0.488. The normalized spacial score (nSPS) is 11.2. The minimum Gasteiger partial charge on any atom is -0.369 e. The first kappa shape index (κ1) is 11.0. The van der Waals surface area contributed by atoms with Crippen molar-refractivity contribution in [3.63, 3.8) is 0 Å². The van der Waals surface area contributed by atoms with Crippen molar-refractivity contribution in [3.05, 3.63) is 60.9 Å². The predicted molar refractivity (Wildman–Crippen MR) is 80.8 cm³/mol. The lowest BCUT2D eigenvalue weighted by atomic mass is 10.1. The number of imidazole rings is 1. The van der Waals surface area contributed by atoms with Crippen LogP contribution in [0.2, 0.25) is 0 Å². The van der Waals surface area contributed by atoms with E-state index in [0.717, 1.165) is 27.5 Å². The average molecular weight is 260 g/mol. The van der Waals surface area contributed by atoms with Gasteiger partial charge in [-0.3, -0.25) is 9.55 Å². The number of nitrogen functional groups attached to an aromatic ring is 1. The van der Waals surface area contributed by atoms with Crippen LogP contribution < -0.4 is 5.73 Å². The molecule has 0 aliphatic heterocycles. The van der Waals surface area contributed by atoms with Crippen molar-refractivity contribution < 1.29 is 0 Å². The molecule has 0 amide bonds. The molecule has 4 nitrogen and oxygen atoms in total. The van der Waals surface area contributed by atoms with Crippen LogP contribution in [0.5, 0.6) is 0 Å². The molecule has 0 aliphatic rings. The highest BCUT2D eigenvalue weighted by Gasteiger charge is 2.11. The Bertz CT molecular complexity index is 919. The molecule has 0 radical (unpaired) electrons. The molecule has 2 N–H and O–H groups in total. The van der Waals surface area contributed by atoms with Crippen molar-refractivity contribution in [1.29, 1.82) is 0 Å². The van der Waals surface area contributed by atoms with Gasteiger partial charge in [0.2, 0.25) is 5.95 Å². The van der Waals surface area contributed by atoms with E-state index in [9.17, 15) is 0 Å². The van der Waals surface area contributed by atoms with E-state index in [1.54, 1.807) is 6.20 Å². The molecular weight excluding hydrogens is 248 g/mol. The lowest BCUT2D eigenvalue weighted by Gasteiger charge is -2.09. The predicted octanol–water partition coefficient (Wildman–Crippen LogP) is 3.16. The van der Waals surface area contributed by atoms with Gasteiger partial charge in [0.1, 0.15) is 0 Å². The maximum atomic E-state index is 6.11. The number of aromatic nitrogens is 3. The number of nitrogens with two attached hydrogens (primary N) is 1. The third kappa shape index (κ3) is 1.48. The molecule has 4 rings (SSSR count). The summed E-state index contributed by atoms with van der Waals surface area (Å²) in [5.41, 5.74) is 9.01. The van der Waals surface area contributed by atoms with Crippen LogP contribution in [-0.4, -0.2) is 14.5 Å². The van der Waals surface area contributed by atoms with Gasteiger partial charge in [0.15, 0.2) is 0 Å². The first-order valence-corrected chi connectivity index (χ1v) is 6.41. The van der Waals surface area contributed by atoms with Crippen molar-refractivity contribution in [3.8, 4) is 5.69 Å². The van der Waals surface area contributed by atoms with Crippen LogP contribution in [-0.2, 0) is 0 Å². The van der Waals surface area contributed by atoms with E-state index >= 15 is 0 Å². The lowest BCUT2D eigenvalue weighted by molar-refractivity contribution is 1.12. The maximum Gasteiger partial charge on any atom is 0.205 e. The largest absolute Gasteiger partial charge is 0.369 e. The zero-order chi connectivity index (χ0) is 13.5. The molecule has 0 fully saturated rings. The molecule has 4 heteroatoms. The molecule has 2 aromatic heterocycles. The van der Waals surface area contributed by atoms with E-state index < -0.39 is 0 Å². The Morgan fingerprint density at radius 3 is 2.80 bits per heavy atom. The van der Waals surface area contributed by atoms with Crippen LogP contribution in [0.25, 0.3) is 27.5 Å². The number of hydrogen-bond acceptors (Lipinski definition) is 3. The van der Waals surface area contributed by atoms with E-state index in [4.69, 9.17) is 5.73 Å². The SMILES string of the molecule is Nc1nc2ccccc2n1-c1cccc2ccncc12. The quantitative estimate of drug-likeness (QED) is 0.572. The van der Waals surface area contributed by atoms with Gasteiger partial charge in [-0.1, -0.05) is 24.3 Å². The Morgan fingerprint density at radius 2 is 1.85 bits per heavy atom. The monoisotopic (exact) mass is 260 g/mol. The molecule has 0 bridgehead atoms. The van der Waals surface area contributed by atoms with Gasteiger partial charge in [0.05, 0.1) is 16.7 Å². The molecular formula is C16H12N4. The molecule has 0 saturated heterocycles. The second kappa shape index (κ2) is 4.06. The maximum absolute atomic E-state index is 6.11. The number of nitrogens with zero attached hydrogens (tertiary/aromatic N) is 3. The molecule has 0 spiro atoms. The number of pyridine rings is 1. The number of anilines is 1.